The third-order valence-corrected chi connectivity index (χ3v) is 4.90. The highest BCUT2D eigenvalue weighted by Crippen LogP contribution is 2.21. The fourth-order valence-corrected chi connectivity index (χ4v) is 3.38. The number of halogens is 1. The van der Waals surface area contributed by atoms with Crippen LogP contribution in [0.15, 0.2) is 57.6 Å². The Bertz CT molecular complexity index is 881. The van der Waals surface area contributed by atoms with Crippen molar-refractivity contribution in [3.05, 3.63) is 81.5 Å². The lowest BCUT2D eigenvalue weighted by molar-refractivity contribution is 0.0939. The Labute approximate surface area is 156 Å². The number of aryl methyl sites for hydroxylation is 1. The fraction of sp³-hybridized carbons (Fsp3) is 0.250. The van der Waals surface area contributed by atoms with Crippen LogP contribution in [0, 0.1) is 13.8 Å². The lowest BCUT2D eigenvalue weighted by atomic mass is 10.1. The predicted molar refractivity (Wildman–Crippen MR) is 102 cm³/mol. The van der Waals surface area contributed by atoms with E-state index in [0.717, 1.165) is 27.2 Å². The number of amides is 1. The highest BCUT2D eigenvalue weighted by atomic mass is 79.9. The molecule has 0 radical (unpaired) electrons. The van der Waals surface area contributed by atoms with Crippen LogP contribution in [-0.4, -0.2) is 10.5 Å². The molecule has 3 aromatic rings. The maximum Gasteiger partial charge on any atom is 0.253 e. The van der Waals surface area contributed by atoms with E-state index in [0.29, 0.717) is 12.1 Å². The molecule has 0 aliphatic carbocycles. The maximum absolute atomic E-state index is 12.7. The number of rotatable bonds is 5. The zero-order valence-electron chi connectivity index (χ0n) is 14.5. The van der Waals surface area contributed by atoms with E-state index in [2.05, 4.69) is 25.8 Å². The monoisotopic (exact) mass is 400 g/mol. The minimum atomic E-state index is -0.0712. The summed E-state index contributed by atoms with van der Waals surface area (Å²) < 4.78 is 8.52. The van der Waals surface area contributed by atoms with Crippen LogP contribution in [-0.2, 0) is 6.54 Å². The summed E-state index contributed by atoms with van der Waals surface area (Å²) >= 11 is 3.47. The molecule has 3 rings (SSSR count). The van der Waals surface area contributed by atoms with Crippen molar-refractivity contribution in [1.82, 2.24) is 9.88 Å². The van der Waals surface area contributed by atoms with Crippen molar-refractivity contribution in [2.45, 2.75) is 33.4 Å². The van der Waals surface area contributed by atoms with Crippen LogP contribution in [0.2, 0.25) is 0 Å². The van der Waals surface area contributed by atoms with Crippen LogP contribution >= 0.6 is 15.9 Å². The first-order valence-electron chi connectivity index (χ1n) is 8.21. The molecule has 1 aromatic carbocycles. The molecule has 1 unspecified atom stereocenters. The summed E-state index contributed by atoms with van der Waals surface area (Å²) in [7, 11) is 0. The fourth-order valence-electron chi connectivity index (χ4n) is 2.97. The van der Waals surface area contributed by atoms with Gasteiger partial charge in [0.2, 0.25) is 0 Å². The van der Waals surface area contributed by atoms with Gasteiger partial charge in [-0.25, -0.2) is 0 Å². The quantitative estimate of drug-likeness (QED) is 0.654. The van der Waals surface area contributed by atoms with E-state index in [1.54, 1.807) is 6.26 Å². The van der Waals surface area contributed by atoms with E-state index < -0.39 is 0 Å². The summed E-state index contributed by atoms with van der Waals surface area (Å²) in [5, 5.41) is 3.08. The first-order chi connectivity index (χ1) is 12.0. The minimum Gasteiger partial charge on any atom is -0.467 e. The number of hydrogen-bond acceptors (Lipinski definition) is 2. The van der Waals surface area contributed by atoms with E-state index in [-0.39, 0.29) is 11.9 Å². The first-order valence-corrected chi connectivity index (χ1v) is 9.00. The van der Waals surface area contributed by atoms with Crippen molar-refractivity contribution in [2.75, 3.05) is 0 Å². The highest BCUT2D eigenvalue weighted by molar-refractivity contribution is 9.10. The Morgan fingerprint density at radius 3 is 2.72 bits per heavy atom. The average molecular weight is 401 g/mol. The molecule has 2 heterocycles. The Morgan fingerprint density at radius 1 is 1.24 bits per heavy atom. The summed E-state index contributed by atoms with van der Waals surface area (Å²) in [6, 6.07) is 13.6. The number of nitrogens with zero attached hydrogens (tertiary/aromatic N) is 1. The van der Waals surface area contributed by atoms with Gasteiger partial charge in [0.25, 0.3) is 5.91 Å². The van der Waals surface area contributed by atoms with Gasteiger partial charge < -0.3 is 14.3 Å². The number of carbonyl (C=O) groups excluding carboxylic acids is 1. The summed E-state index contributed by atoms with van der Waals surface area (Å²) in [4.78, 5) is 12.7. The zero-order valence-corrected chi connectivity index (χ0v) is 16.1. The Kier molecular flexibility index (Phi) is 5.13. The average Bonchev–Trinajstić information content (AvgIpc) is 3.18. The molecule has 1 atom stereocenters. The summed E-state index contributed by atoms with van der Waals surface area (Å²) in [5.74, 6) is 0.808. The molecular formula is C20H21BrN2O2. The van der Waals surface area contributed by atoms with Crippen molar-refractivity contribution >= 4 is 21.8 Å². The molecule has 1 amide bonds. The van der Waals surface area contributed by atoms with Gasteiger partial charge in [-0.3, -0.25) is 4.79 Å². The minimum absolute atomic E-state index is 0.0636. The van der Waals surface area contributed by atoms with E-state index in [4.69, 9.17) is 4.42 Å². The van der Waals surface area contributed by atoms with E-state index in [9.17, 15) is 4.79 Å². The first kappa shape index (κ1) is 17.5. The van der Waals surface area contributed by atoms with Crippen LogP contribution < -0.4 is 5.32 Å². The Balaban J connectivity index is 1.78. The van der Waals surface area contributed by atoms with Crippen molar-refractivity contribution in [1.29, 1.82) is 0 Å². The topological polar surface area (TPSA) is 47.2 Å². The Hall–Kier alpha value is -2.27. The van der Waals surface area contributed by atoms with Gasteiger partial charge in [-0.05, 0) is 56.7 Å². The number of hydrogen-bond donors (Lipinski definition) is 1. The molecule has 4 nitrogen and oxygen atoms in total. The third kappa shape index (κ3) is 3.87. The molecule has 0 aliphatic heterocycles. The second-order valence-electron chi connectivity index (χ2n) is 6.20. The van der Waals surface area contributed by atoms with Crippen LogP contribution in [0.4, 0.5) is 0 Å². The molecule has 0 aliphatic rings. The van der Waals surface area contributed by atoms with Crippen LogP contribution in [0.25, 0.3) is 0 Å². The van der Waals surface area contributed by atoms with Crippen LogP contribution in [0.5, 0.6) is 0 Å². The normalized spacial score (nSPS) is 12.2. The summed E-state index contributed by atoms with van der Waals surface area (Å²) in [6.07, 6.45) is 1.66. The number of nitrogens with one attached hydrogen (secondary N) is 1. The molecule has 0 fully saturated rings. The molecule has 2 aromatic heterocycles. The number of furan rings is 1. The predicted octanol–water partition coefficient (Wildman–Crippen LogP) is 5.00. The number of benzene rings is 1. The second-order valence-corrected chi connectivity index (χ2v) is 7.12. The molecule has 0 bridgehead atoms. The van der Waals surface area contributed by atoms with Crippen LogP contribution in [0.1, 0.15) is 46.0 Å². The van der Waals surface area contributed by atoms with Gasteiger partial charge in [-0.1, -0.05) is 28.1 Å². The van der Waals surface area contributed by atoms with Gasteiger partial charge >= 0.3 is 0 Å². The van der Waals surface area contributed by atoms with Crippen molar-refractivity contribution < 1.29 is 9.21 Å². The molecule has 5 heteroatoms. The van der Waals surface area contributed by atoms with Crippen molar-refractivity contribution in [3.8, 4) is 0 Å². The molecule has 0 saturated heterocycles. The summed E-state index contributed by atoms with van der Waals surface area (Å²) in [6.45, 7) is 6.58. The van der Waals surface area contributed by atoms with Crippen molar-refractivity contribution in [3.63, 3.8) is 0 Å². The van der Waals surface area contributed by atoms with E-state index in [1.807, 2.05) is 63.2 Å². The summed E-state index contributed by atoms with van der Waals surface area (Å²) in [5.41, 5.74) is 3.74. The molecule has 0 spiro atoms. The number of carbonyl (C=O) groups is 1. The largest absolute Gasteiger partial charge is 0.467 e. The van der Waals surface area contributed by atoms with Gasteiger partial charge in [0.05, 0.1) is 24.4 Å². The van der Waals surface area contributed by atoms with E-state index >= 15 is 0 Å². The third-order valence-electron chi connectivity index (χ3n) is 4.41. The van der Waals surface area contributed by atoms with Gasteiger partial charge in [0, 0.05) is 15.9 Å². The second kappa shape index (κ2) is 7.31. The Morgan fingerprint density at radius 2 is 2.04 bits per heavy atom. The standard InChI is InChI=1S/C20H21BrN2O2/c1-13-10-19(15(3)23(13)12-18-8-5-9-25-18)20(24)22-14(2)16-6-4-7-17(21)11-16/h4-11,14H,12H2,1-3H3,(H,22,24). The highest BCUT2D eigenvalue weighted by Gasteiger charge is 2.18. The molecule has 130 valence electrons. The molecule has 25 heavy (non-hydrogen) atoms. The van der Waals surface area contributed by atoms with Crippen molar-refractivity contribution in [2.24, 2.45) is 0 Å². The van der Waals surface area contributed by atoms with Gasteiger partial charge in [0.15, 0.2) is 0 Å². The smallest absolute Gasteiger partial charge is 0.253 e. The van der Waals surface area contributed by atoms with Gasteiger partial charge in [-0.2, -0.15) is 0 Å². The SMILES string of the molecule is Cc1cc(C(=O)NC(C)c2cccc(Br)c2)c(C)n1Cc1ccco1. The van der Waals surface area contributed by atoms with Crippen LogP contribution in [0.3, 0.4) is 0 Å². The van der Waals surface area contributed by atoms with E-state index in [1.165, 1.54) is 0 Å². The lowest BCUT2D eigenvalue weighted by Gasteiger charge is -2.15. The van der Waals surface area contributed by atoms with Gasteiger partial charge in [-0.15, -0.1) is 0 Å². The maximum atomic E-state index is 12.7. The molecular weight excluding hydrogens is 380 g/mol. The molecule has 1 N–H and O–H groups in total. The molecule has 0 saturated carbocycles. The zero-order chi connectivity index (χ0) is 18.0. The lowest BCUT2D eigenvalue weighted by Crippen LogP contribution is -2.27. The number of aromatic nitrogens is 1. The van der Waals surface area contributed by atoms with Gasteiger partial charge in [0.1, 0.15) is 5.76 Å².